The molecule has 9 heteroatoms. The van der Waals surface area contributed by atoms with Crippen LogP contribution in [0.4, 0.5) is 0 Å². The second kappa shape index (κ2) is 8.59. The molecule has 1 aliphatic rings. The summed E-state index contributed by atoms with van der Waals surface area (Å²) in [6, 6.07) is 3.35. The van der Waals surface area contributed by atoms with Crippen LogP contribution in [-0.2, 0) is 10.2 Å². The van der Waals surface area contributed by atoms with Gasteiger partial charge in [-0.1, -0.05) is 0 Å². The molecular formula is C16H26N4O4S. The number of pyridine rings is 1. The van der Waals surface area contributed by atoms with Crippen LogP contribution in [-0.4, -0.2) is 68.3 Å². The molecule has 1 aliphatic heterocycles. The zero-order chi connectivity index (χ0) is 18.4. The fourth-order valence-electron chi connectivity index (χ4n) is 2.78. The average Bonchev–Trinajstić information content (AvgIpc) is 2.60. The largest absolute Gasteiger partial charge is 0.477 e. The molecule has 2 heterocycles. The lowest BCUT2D eigenvalue weighted by Gasteiger charge is -2.33. The number of rotatable bonds is 7. The highest BCUT2D eigenvalue weighted by molar-refractivity contribution is 7.86. The monoisotopic (exact) mass is 370 g/mol. The van der Waals surface area contributed by atoms with E-state index in [1.807, 2.05) is 6.92 Å². The quantitative estimate of drug-likeness (QED) is 0.764. The van der Waals surface area contributed by atoms with Gasteiger partial charge in [0.1, 0.15) is 5.56 Å². The van der Waals surface area contributed by atoms with Crippen LogP contribution in [0.5, 0.6) is 5.88 Å². The number of ether oxygens (including phenoxy) is 1. The third-order valence-corrected chi connectivity index (χ3v) is 6.02. The van der Waals surface area contributed by atoms with Gasteiger partial charge >= 0.3 is 0 Å². The summed E-state index contributed by atoms with van der Waals surface area (Å²) in [6.45, 7) is 3.60. The number of hydrogen-bond donors (Lipinski definition) is 1. The van der Waals surface area contributed by atoms with Gasteiger partial charge in [0.2, 0.25) is 5.88 Å². The predicted octanol–water partition coefficient (Wildman–Crippen LogP) is 0.729. The van der Waals surface area contributed by atoms with Crippen molar-refractivity contribution in [3.05, 3.63) is 23.9 Å². The predicted molar refractivity (Wildman–Crippen MR) is 94.6 cm³/mol. The Bertz CT molecular complexity index is 693. The topological polar surface area (TPSA) is 91.8 Å². The zero-order valence-corrected chi connectivity index (χ0v) is 15.8. The smallest absolute Gasteiger partial charge is 0.281 e. The fourth-order valence-corrected chi connectivity index (χ4v) is 4.00. The van der Waals surface area contributed by atoms with Crippen molar-refractivity contribution in [3.8, 4) is 5.88 Å². The Morgan fingerprint density at radius 2 is 2.24 bits per heavy atom. The Hall–Kier alpha value is -1.71. The third-order valence-electron chi connectivity index (χ3n) is 4.12. The maximum absolute atomic E-state index is 12.4. The van der Waals surface area contributed by atoms with Gasteiger partial charge in [-0.3, -0.25) is 4.79 Å². The number of piperidine rings is 1. The highest BCUT2D eigenvalue weighted by Crippen LogP contribution is 2.20. The van der Waals surface area contributed by atoms with Gasteiger partial charge in [0.25, 0.3) is 16.1 Å². The normalized spacial score (nSPS) is 19.0. The van der Waals surface area contributed by atoms with E-state index < -0.39 is 10.2 Å². The van der Waals surface area contributed by atoms with Crippen molar-refractivity contribution in [3.63, 3.8) is 0 Å². The molecule has 1 amide bonds. The van der Waals surface area contributed by atoms with Gasteiger partial charge in [0.15, 0.2) is 0 Å². The van der Waals surface area contributed by atoms with Crippen molar-refractivity contribution >= 4 is 16.1 Å². The molecule has 1 saturated heterocycles. The van der Waals surface area contributed by atoms with Crippen molar-refractivity contribution < 1.29 is 17.9 Å². The molecule has 1 N–H and O–H groups in total. The summed E-state index contributed by atoms with van der Waals surface area (Å²) < 4.78 is 32.6. The molecule has 0 saturated carbocycles. The first-order valence-electron chi connectivity index (χ1n) is 8.39. The Kier molecular flexibility index (Phi) is 6.74. The molecule has 0 spiro atoms. The molecule has 0 radical (unpaired) electrons. The third kappa shape index (κ3) is 4.90. The van der Waals surface area contributed by atoms with E-state index in [-0.39, 0.29) is 11.8 Å². The number of nitrogens with zero attached hydrogens (tertiary/aromatic N) is 3. The minimum atomic E-state index is -3.41. The van der Waals surface area contributed by atoms with Crippen LogP contribution in [0, 0.1) is 5.92 Å². The molecule has 0 bridgehead atoms. The molecule has 1 unspecified atom stereocenters. The number of carbonyl (C=O) groups is 1. The highest BCUT2D eigenvalue weighted by atomic mass is 32.2. The summed E-state index contributed by atoms with van der Waals surface area (Å²) in [7, 11) is -0.361. The van der Waals surface area contributed by atoms with Crippen LogP contribution in [0.2, 0.25) is 0 Å². The molecule has 1 aromatic heterocycles. The molecule has 140 valence electrons. The SMILES string of the molecule is CCOc1ncccc1C(=O)NCC1CCCN(S(=O)(=O)N(C)C)C1. The summed E-state index contributed by atoms with van der Waals surface area (Å²) in [5.41, 5.74) is 0.387. The van der Waals surface area contributed by atoms with Crippen molar-refractivity contribution in [2.45, 2.75) is 19.8 Å². The van der Waals surface area contributed by atoms with E-state index >= 15 is 0 Å². The molecule has 1 fully saturated rings. The number of aromatic nitrogens is 1. The Balaban J connectivity index is 1.96. The lowest BCUT2D eigenvalue weighted by Crippen LogP contribution is -2.47. The Morgan fingerprint density at radius 3 is 2.92 bits per heavy atom. The van der Waals surface area contributed by atoms with Crippen molar-refractivity contribution in [1.82, 2.24) is 18.9 Å². The highest BCUT2D eigenvalue weighted by Gasteiger charge is 2.30. The van der Waals surface area contributed by atoms with Crippen LogP contribution in [0.15, 0.2) is 18.3 Å². The molecule has 25 heavy (non-hydrogen) atoms. The lowest BCUT2D eigenvalue weighted by molar-refractivity contribution is 0.0936. The summed E-state index contributed by atoms with van der Waals surface area (Å²) >= 11 is 0. The van der Waals surface area contributed by atoms with Crippen molar-refractivity contribution in [2.75, 3.05) is 40.3 Å². The van der Waals surface area contributed by atoms with Crippen LogP contribution in [0.3, 0.4) is 0 Å². The first-order chi connectivity index (χ1) is 11.9. The second-order valence-electron chi connectivity index (χ2n) is 6.16. The lowest BCUT2D eigenvalue weighted by atomic mass is 9.99. The minimum absolute atomic E-state index is 0.0830. The zero-order valence-electron chi connectivity index (χ0n) is 14.9. The Labute approximate surface area is 149 Å². The number of nitrogens with one attached hydrogen (secondary N) is 1. The first kappa shape index (κ1) is 19.6. The van der Waals surface area contributed by atoms with Crippen LogP contribution < -0.4 is 10.1 Å². The van der Waals surface area contributed by atoms with Gasteiger partial charge in [-0.05, 0) is 37.8 Å². The standard InChI is InChI=1S/C16H26N4O4S/c1-4-24-16-14(8-5-9-17-16)15(21)18-11-13-7-6-10-20(12-13)25(22,23)19(2)3/h5,8-9,13H,4,6-7,10-12H2,1-3H3,(H,18,21). The van der Waals surface area contributed by atoms with Gasteiger partial charge < -0.3 is 10.1 Å². The van der Waals surface area contributed by atoms with Gasteiger partial charge in [-0.25, -0.2) is 4.98 Å². The molecular weight excluding hydrogens is 344 g/mol. The van der Waals surface area contributed by atoms with Crippen molar-refractivity contribution in [1.29, 1.82) is 0 Å². The van der Waals surface area contributed by atoms with E-state index in [2.05, 4.69) is 10.3 Å². The van der Waals surface area contributed by atoms with E-state index in [9.17, 15) is 13.2 Å². The molecule has 1 atom stereocenters. The van der Waals surface area contributed by atoms with Gasteiger partial charge in [0, 0.05) is 39.9 Å². The number of amides is 1. The second-order valence-corrected chi connectivity index (χ2v) is 8.30. The van der Waals surface area contributed by atoms with E-state index in [1.54, 1.807) is 18.3 Å². The molecule has 0 aliphatic carbocycles. The summed E-state index contributed by atoms with van der Waals surface area (Å²) in [5.74, 6) is 0.131. The van der Waals surface area contributed by atoms with Crippen LogP contribution in [0.25, 0.3) is 0 Å². The first-order valence-corrected chi connectivity index (χ1v) is 9.79. The van der Waals surface area contributed by atoms with Gasteiger partial charge in [-0.15, -0.1) is 0 Å². The van der Waals surface area contributed by atoms with Crippen LogP contribution >= 0.6 is 0 Å². The summed E-state index contributed by atoms with van der Waals surface area (Å²) in [4.78, 5) is 16.5. The minimum Gasteiger partial charge on any atom is -0.477 e. The maximum atomic E-state index is 12.4. The molecule has 0 aromatic carbocycles. The van der Waals surface area contributed by atoms with Gasteiger partial charge in [-0.2, -0.15) is 17.0 Å². The van der Waals surface area contributed by atoms with Crippen molar-refractivity contribution in [2.24, 2.45) is 5.92 Å². The maximum Gasteiger partial charge on any atom is 0.281 e. The van der Waals surface area contributed by atoms with Crippen LogP contribution in [0.1, 0.15) is 30.1 Å². The van der Waals surface area contributed by atoms with Gasteiger partial charge in [0.05, 0.1) is 6.61 Å². The Morgan fingerprint density at radius 1 is 1.48 bits per heavy atom. The summed E-state index contributed by atoms with van der Waals surface area (Å²) in [6.07, 6.45) is 3.24. The molecule has 8 nitrogen and oxygen atoms in total. The average molecular weight is 370 g/mol. The fraction of sp³-hybridized carbons (Fsp3) is 0.625. The molecule has 1 aromatic rings. The molecule has 2 rings (SSSR count). The summed E-state index contributed by atoms with van der Waals surface area (Å²) in [5, 5.41) is 2.87. The van der Waals surface area contributed by atoms with E-state index in [0.29, 0.717) is 37.7 Å². The van der Waals surface area contributed by atoms with E-state index in [1.165, 1.54) is 22.7 Å². The number of hydrogen-bond acceptors (Lipinski definition) is 5. The number of carbonyl (C=O) groups excluding carboxylic acids is 1. The van der Waals surface area contributed by atoms with E-state index in [4.69, 9.17) is 4.74 Å². The van der Waals surface area contributed by atoms with E-state index in [0.717, 1.165) is 12.8 Å².